The molecule has 0 aliphatic rings. The fourth-order valence-electron chi connectivity index (χ4n) is 1.96. The van der Waals surface area contributed by atoms with Gasteiger partial charge in [-0.25, -0.2) is 0 Å². The van der Waals surface area contributed by atoms with Gasteiger partial charge in [-0.05, 0) is 32.4 Å². The van der Waals surface area contributed by atoms with Crippen LogP contribution < -0.4 is 5.32 Å². The highest BCUT2D eigenvalue weighted by Gasteiger charge is 2.31. The molecule has 0 aliphatic carbocycles. The molecule has 1 atom stereocenters. The second-order valence-electron chi connectivity index (χ2n) is 5.08. The van der Waals surface area contributed by atoms with Crippen LogP contribution in [0, 0.1) is 23.7 Å². The molecule has 2 aromatic rings. The van der Waals surface area contributed by atoms with Crippen molar-refractivity contribution >= 4 is 22.5 Å². The number of benzene rings is 1. The Morgan fingerprint density at radius 1 is 1.45 bits per heavy atom. The number of hydrogen-bond acceptors (Lipinski definition) is 3. The first-order chi connectivity index (χ1) is 9.50. The molecule has 20 heavy (non-hydrogen) atoms. The van der Waals surface area contributed by atoms with Gasteiger partial charge in [0.05, 0.1) is 17.3 Å². The molecule has 1 N–H and O–H groups in total. The molecule has 1 aromatic heterocycles. The lowest BCUT2D eigenvalue weighted by atomic mass is 9.88. The van der Waals surface area contributed by atoms with Crippen molar-refractivity contribution in [3.05, 3.63) is 36.0 Å². The summed E-state index contributed by atoms with van der Waals surface area (Å²) in [5.74, 6) is -0.279. The molecule has 0 saturated carbocycles. The van der Waals surface area contributed by atoms with Crippen molar-refractivity contribution in [3.8, 4) is 6.07 Å². The van der Waals surface area contributed by atoms with Gasteiger partial charge in [-0.1, -0.05) is 25.1 Å². The molecule has 1 heterocycles. The van der Waals surface area contributed by atoms with Gasteiger partial charge in [0, 0.05) is 11.1 Å². The molecule has 4 heteroatoms. The summed E-state index contributed by atoms with van der Waals surface area (Å²) in [4.78, 5) is 16.7. The zero-order chi connectivity index (χ0) is 14.8. The van der Waals surface area contributed by atoms with Gasteiger partial charge >= 0.3 is 0 Å². The molecular formula is C16H17N3O. The number of rotatable bonds is 3. The summed E-state index contributed by atoms with van der Waals surface area (Å²) < 4.78 is 0. The number of anilines is 1. The van der Waals surface area contributed by atoms with Crippen molar-refractivity contribution < 1.29 is 4.79 Å². The zero-order valence-corrected chi connectivity index (χ0v) is 11.9. The summed E-state index contributed by atoms with van der Waals surface area (Å²) in [5, 5.41) is 12.9. The van der Waals surface area contributed by atoms with Crippen LogP contribution in [0.3, 0.4) is 0 Å². The fraction of sp³-hybridized carbons (Fsp3) is 0.312. The summed E-state index contributed by atoms with van der Waals surface area (Å²) in [6.45, 7) is 5.36. The maximum atomic E-state index is 12.3. The molecule has 4 nitrogen and oxygen atoms in total. The highest BCUT2D eigenvalue weighted by molar-refractivity contribution is 6.03. The van der Waals surface area contributed by atoms with Crippen molar-refractivity contribution in [2.45, 2.75) is 27.2 Å². The Kier molecular flexibility index (Phi) is 3.71. The van der Waals surface area contributed by atoms with E-state index in [-0.39, 0.29) is 5.91 Å². The Bertz CT molecular complexity index is 702. The van der Waals surface area contributed by atoms with Gasteiger partial charge in [-0.15, -0.1) is 0 Å². The van der Waals surface area contributed by atoms with Crippen molar-refractivity contribution in [1.29, 1.82) is 5.26 Å². The second-order valence-corrected chi connectivity index (χ2v) is 5.08. The monoisotopic (exact) mass is 267 g/mol. The molecule has 0 aliphatic heterocycles. The Balaban J connectivity index is 2.45. The lowest BCUT2D eigenvalue weighted by Crippen LogP contribution is -2.31. The fourth-order valence-corrected chi connectivity index (χ4v) is 1.96. The number of para-hydroxylation sites is 1. The first kappa shape index (κ1) is 14.0. The summed E-state index contributed by atoms with van der Waals surface area (Å²) in [6.07, 6.45) is 0.470. The second kappa shape index (κ2) is 5.30. The Morgan fingerprint density at radius 3 is 2.80 bits per heavy atom. The number of carbonyl (C=O) groups is 1. The number of nitrogens with zero attached hydrogens (tertiary/aromatic N) is 2. The van der Waals surface area contributed by atoms with Gasteiger partial charge in [-0.3, -0.25) is 9.78 Å². The average Bonchev–Trinajstić information content (AvgIpc) is 2.46. The van der Waals surface area contributed by atoms with E-state index in [1.165, 1.54) is 0 Å². The normalized spacial score (nSPS) is 13.5. The predicted molar refractivity (Wildman–Crippen MR) is 79.1 cm³/mol. The van der Waals surface area contributed by atoms with E-state index in [1.54, 1.807) is 6.92 Å². The molecular weight excluding hydrogens is 250 g/mol. The van der Waals surface area contributed by atoms with Crippen LogP contribution in [0.25, 0.3) is 10.9 Å². The average molecular weight is 267 g/mol. The molecule has 0 saturated heterocycles. The number of fused-ring (bicyclic) bond motifs is 1. The number of nitriles is 1. The van der Waals surface area contributed by atoms with E-state index in [2.05, 4.69) is 16.4 Å². The van der Waals surface area contributed by atoms with Crippen LogP contribution in [-0.2, 0) is 4.79 Å². The number of nitrogens with one attached hydrogen (secondary N) is 1. The van der Waals surface area contributed by atoms with Crippen molar-refractivity contribution in [2.75, 3.05) is 5.32 Å². The lowest BCUT2D eigenvalue weighted by molar-refractivity contribution is -0.122. The standard InChI is InChI=1S/C16H17N3O/c1-4-16(3,10-17)15(20)19-14-9-11(2)18-13-8-6-5-7-12(13)14/h5-9H,4H2,1-3H3,(H,18,19,20). The van der Waals surface area contributed by atoms with Crippen molar-refractivity contribution in [1.82, 2.24) is 4.98 Å². The lowest BCUT2D eigenvalue weighted by Gasteiger charge is -2.19. The van der Waals surface area contributed by atoms with Gasteiger partial charge in [-0.2, -0.15) is 5.26 Å². The van der Waals surface area contributed by atoms with E-state index in [1.807, 2.05) is 44.2 Å². The molecule has 0 bridgehead atoms. The maximum Gasteiger partial charge on any atom is 0.244 e. The van der Waals surface area contributed by atoms with E-state index in [4.69, 9.17) is 0 Å². The minimum absolute atomic E-state index is 0.279. The zero-order valence-electron chi connectivity index (χ0n) is 11.9. The number of pyridine rings is 1. The van der Waals surface area contributed by atoms with Crippen molar-refractivity contribution in [2.24, 2.45) is 5.41 Å². The van der Waals surface area contributed by atoms with E-state index >= 15 is 0 Å². The topological polar surface area (TPSA) is 65.8 Å². The molecule has 0 fully saturated rings. The minimum atomic E-state index is -1.02. The third-order valence-electron chi connectivity index (χ3n) is 3.55. The molecule has 2 rings (SSSR count). The molecule has 0 radical (unpaired) electrons. The molecule has 1 amide bonds. The number of carbonyl (C=O) groups excluding carboxylic acids is 1. The predicted octanol–water partition coefficient (Wildman–Crippen LogP) is 3.42. The van der Waals surface area contributed by atoms with Gasteiger partial charge in [0.25, 0.3) is 0 Å². The summed E-state index contributed by atoms with van der Waals surface area (Å²) in [7, 11) is 0. The first-order valence-corrected chi connectivity index (χ1v) is 6.59. The van der Waals surface area contributed by atoms with Gasteiger partial charge in [0.1, 0.15) is 5.41 Å². The Morgan fingerprint density at radius 2 is 2.15 bits per heavy atom. The maximum absolute atomic E-state index is 12.3. The number of amides is 1. The highest BCUT2D eigenvalue weighted by Crippen LogP contribution is 2.27. The summed E-state index contributed by atoms with van der Waals surface area (Å²) in [6, 6.07) is 11.5. The highest BCUT2D eigenvalue weighted by atomic mass is 16.2. The van der Waals surface area contributed by atoms with Crippen LogP contribution in [0.5, 0.6) is 0 Å². The summed E-state index contributed by atoms with van der Waals surface area (Å²) >= 11 is 0. The van der Waals surface area contributed by atoms with E-state index in [0.717, 1.165) is 16.6 Å². The third kappa shape index (κ3) is 2.48. The smallest absolute Gasteiger partial charge is 0.244 e. The van der Waals surface area contributed by atoms with E-state index in [9.17, 15) is 10.1 Å². The molecule has 0 spiro atoms. The van der Waals surface area contributed by atoms with Gasteiger partial charge < -0.3 is 5.32 Å². The first-order valence-electron chi connectivity index (χ1n) is 6.59. The number of aromatic nitrogens is 1. The molecule has 1 aromatic carbocycles. The van der Waals surface area contributed by atoms with Crippen LogP contribution in [-0.4, -0.2) is 10.9 Å². The largest absolute Gasteiger partial charge is 0.324 e. The van der Waals surface area contributed by atoms with Crippen LogP contribution in [0.2, 0.25) is 0 Å². The van der Waals surface area contributed by atoms with Crippen LogP contribution >= 0.6 is 0 Å². The van der Waals surface area contributed by atoms with E-state index < -0.39 is 5.41 Å². The molecule has 1 unspecified atom stereocenters. The Labute approximate surface area is 118 Å². The number of aryl methyl sites for hydroxylation is 1. The van der Waals surface area contributed by atoms with Crippen LogP contribution in [0.4, 0.5) is 5.69 Å². The van der Waals surface area contributed by atoms with Crippen LogP contribution in [0.1, 0.15) is 26.0 Å². The minimum Gasteiger partial charge on any atom is -0.324 e. The third-order valence-corrected chi connectivity index (χ3v) is 3.55. The number of hydrogen-bond donors (Lipinski definition) is 1. The van der Waals surface area contributed by atoms with E-state index in [0.29, 0.717) is 12.1 Å². The SMILES string of the molecule is CCC(C)(C#N)C(=O)Nc1cc(C)nc2ccccc12. The van der Waals surface area contributed by atoms with Gasteiger partial charge in [0.2, 0.25) is 5.91 Å². The Hall–Kier alpha value is -2.41. The summed E-state index contributed by atoms with van der Waals surface area (Å²) in [5.41, 5.74) is 1.35. The van der Waals surface area contributed by atoms with Crippen LogP contribution in [0.15, 0.2) is 30.3 Å². The van der Waals surface area contributed by atoms with Gasteiger partial charge in [0.15, 0.2) is 0 Å². The quantitative estimate of drug-likeness (QED) is 0.926. The molecule has 102 valence electrons. The van der Waals surface area contributed by atoms with Crippen molar-refractivity contribution in [3.63, 3.8) is 0 Å².